The summed E-state index contributed by atoms with van der Waals surface area (Å²) in [6.45, 7) is 4.06. The predicted octanol–water partition coefficient (Wildman–Crippen LogP) is 7.87. The Morgan fingerprint density at radius 3 is 2.03 bits per heavy atom. The summed E-state index contributed by atoms with van der Waals surface area (Å²) in [5, 5.41) is 0. The Balaban J connectivity index is 1.44. The lowest BCUT2D eigenvalue weighted by atomic mass is 9.68. The van der Waals surface area contributed by atoms with Crippen LogP contribution >= 0.6 is 0 Å². The fourth-order valence-electron chi connectivity index (χ4n) is 5.63. The van der Waals surface area contributed by atoms with Gasteiger partial charge in [0.25, 0.3) is 6.43 Å². The van der Waals surface area contributed by atoms with Gasteiger partial charge in [0.05, 0.1) is 12.2 Å². The van der Waals surface area contributed by atoms with E-state index >= 15 is 0 Å². The smallest absolute Gasteiger partial charge is 0.311 e. The van der Waals surface area contributed by atoms with E-state index in [2.05, 4.69) is 6.92 Å². The minimum Gasteiger partial charge on any atom is -0.493 e. The average molecular weight is 455 g/mol. The first-order chi connectivity index (χ1) is 15.4. The molecule has 0 amide bonds. The van der Waals surface area contributed by atoms with Gasteiger partial charge in [0.15, 0.2) is 11.6 Å². The third-order valence-corrected chi connectivity index (χ3v) is 7.63. The summed E-state index contributed by atoms with van der Waals surface area (Å²) in [7, 11) is 0. The van der Waals surface area contributed by atoms with Crippen LogP contribution in [-0.4, -0.2) is 12.6 Å². The SMILES string of the molecule is CCOc1ccc(OC(=O)CCC2CCC(C3CCC(CC)CC3)CC2)c(F)c1C(F)F. The van der Waals surface area contributed by atoms with Gasteiger partial charge in [-0.1, -0.05) is 39.0 Å². The van der Waals surface area contributed by atoms with Crippen LogP contribution in [0.1, 0.15) is 96.5 Å². The maximum absolute atomic E-state index is 14.5. The molecule has 180 valence electrons. The Labute approximate surface area is 190 Å². The van der Waals surface area contributed by atoms with Crippen molar-refractivity contribution in [2.24, 2.45) is 23.7 Å². The third kappa shape index (κ3) is 6.41. The van der Waals surface area contributed by atoms with Gasteiger partial charge in [-0.15, -0.1) is 0 Å². The fraction of sp³-hybridized carbons (Fsp3) is 0.731. The molecular formula is C26H37F3O3. The molecule has 0 saturated heterocycles. The Morgan fingerprint density at radius 2 is 1.50 bits per heavy atom. The number of halogens is 3. The molecule has 0 aliphatic heterocycles. The summed E-state index contributed by atoms with van der Waals surface area (Å²) in [5.74, 6) is 0.612. The van der Waals surface area contributed by atoms with Crippen molar-refractivity contribution < 1.29 is 27.4 Å². The molecule has 0 radical (unpaired) electrons. The van der Waals surface area contributed by atoms with E-state index in [1.165, 1.54) is 57.1 Å². The number of benzene rings is 1. The second-order valence-electron chi connectivity index (χ2n) is 9.51. The van der Waals surface area contributed by atoms with Gasteiger partial charge in [-0.25, -0.2) is 13.2 Å². The van der Waals surface area contributed by atoms with Gasteiger partial charge < -0.3 is 9.47 Å². The number of hydrogen-bond acceptors (Lipinski definition) is 3. The third-order valence-electron chi connectivity index (χ3n) is 7.63. The summed E-state index contributed by atoms with van der Waals surface area (Å²) in [5.41, 5.74) is -0.858. The Hall–Kier alpha value is -1.72. The van der Waals surface area contributed by atoms with Gasteiger partial charge in [0, 0.05) is 6.42 Å². The summed E-state index contributed by atoms with van der Waals surface area (Å²) < 4.78 is 51.2. The van der Waals surface area contributed by atoms with Crippen LogP contribution in [0.15, 0.2) is 12.1 Å². The molecule has 0 unspecified atom stereocenters. The lowest BCUT2D eigenvalue weighted by Gasteiger charge is -2.37. The highest BCUT2D eigenvalue weighted by molar-refractivity contribution is 5.72. The summed E-state index contributed by atoms with van der Waals surface area (Å²) in [6, 6.07) is 2.41. The molecule has 3 nitrogen and oxygen atoms in total. The first-order valence-electron chi connectivity index (χ1n) is 12.4. The van der Waals surface area contributed by atoms with Crippen LogP contribution in [0.4, 0.5) is 13.2 Å². The molecule has 1 aromatic carbocycles. The number of hydrogen-bond donors (Lipinski definition) is 0. The second-order valence-corrected chi connectivity index (χ2v) is 9.51. The number of alkyl halides is 2. The van der Waals surface area contributed by atoms with E-state index in [4.69, 9.17) is 9.47 Å². The Morgan fingerprint density at radius 1 is 0.938 bits per heavy atom. The molecule has 0 bridgehead atoms. The molecule has 0 atom stereocenters. The summed E-state index contributed by atoms with van der Waals surface area (Å²) >= 11 is 0. The van der Waals surface area contributed by atoms with Crippen molar-refractivity contribution in [3.05, 3.63) is 23.5 Å². The van der Waals surface area contributed by atoms with Gasteiger partial charge >= 0.3 is 5.97 Å². The van der Waals surface area contributed by atoms with Crippen LogP contribution in [0, 0.1) is 29.5 Å². The molecule has 0 heterocycles. The van der Waals surface area contributed by atoms with Crippen LogP contribution in [0.5, 0.6) is 11.5 Å². The van der Waals surface area contributed by atoms with E-state index in [-0.39, 0.29) is 18.8 Å². The zero-order valence-electron chi connectivity index (χ0n) is 19.4. The van der Waals surface area contributed by atoms with Gasteiger partial charge in [-0.3, -0.25) is 4.79 Å². The van der Waals surface area contributed by atoms with Gasteiger partial charge in [-0.2, -0.15) is 0 Å². The van der Waals surface area contributed by atoms with Crippen LogP contribution < -0.4 is 9.47 Å². The van der Waals surface area contributed by atoms with E-state index in [0.717, 1.165) is 30.6 Å². The molecule has 32 heavy (non-hydrogen) atoms. The van der Waals surface area contributed by atoms with Crippen molar-refractivity contribution in [3.63, 3.8) is 0 Å². The highest BCUT2D eigenvalue weighted by Crippen LogP contribution is 2.43. The quantitative estimate of drug-likeness (QED) is 0.281. The fourth-order valence-corrected chi connectivity index (χ4v) is 5.63. The van der Waals surface area contributed by atoms with Crippen molar-refractivity contribution in [2.75, 3.05) is 6.61 Å². The minimum absolute atomic E-state index is 0.139. The zero-order chi connectivity index (χ0) is 23.1. The van der Waals surface area contributed by atoms with Crippen molar-refractivity contribution in [1.29, 1.82) is 0 Å². The maximum atomic E-state index is 14.5. The summed E-state index contributed by atoms with van der Waals surface area (Å²) in [4.78, 5) is 12.3. The zero-order valence-corrected chi connectivity index (χ0v) is 19.4. The number of carbonyl (C=O) groups excluding carboxylic acids is 1. The van der Waals surface area contributed by atoms with E-state index in [1.807, 2.05) is 0 Å². The highest BCUT2D eigenvalue weighted by atomic mass is 19.3. The molecular weight excluding hydrogens is 417 g/mol. The summed E-state index contributed by atoms with van der Waals surface area (Å²) in [6.07, 6.45) is 9.33. The van der Waals surface area contributed by atoms with E-state index in [0.29, 0.717) is 12.3 Å². The molecule has 3 rings (SSSR count). The van der Waals surface area contributed by atoms with Crippen molar-refractivity contribution in [2.45, 2.75) is 90.9 Å². The average Bonchev–Trinajstić information content (AvgIpc) is 2.80. The molecule has 6 heteroatoms. The first-order valence-corrected chi connectivity index (χ1v) is 12.4. The highest BCUT2D eigenvalue weighted by Gasteiger charge is 2.31. The maximum Gasteiger partial charge on any atom is 0.311 e. The normalized spacial score (nSPS) is 26.2. The van der Waals surface area contributed by atoms with Crippen LogP contribution in [0.2, 0.25) is 0 Å². The standard InChI is InChI=1S/C26H37F3O3/c1-3-17-5-10-19(11-6-17)20-12-7-18(8-13-20)9-16-23(30)32-22-15-14-21(31-4-2)24(25(22)27)26(28)29/h14-15,17-20,26H,3-13,16H2,1-2H3. The lowest BCUT2D eigenvalue weighted by Crippen LogP contribution is -2.26. The lowest BCUT2D eigenvalue weighted by molar-refractivity contribution is -0.135. The molecule has 1 aromatic rings. The molecule has 2 aliphatic carbocycles. The van der Waals surface area contributed by atoms with Crippen molar-refractivity contribution in [3.8, 4) is 11.5 Å². The van der Waals surface area contributed by atoms with Gasteiger partial charge in [0.2, 0.25) is 0 Å². The van der Waals surface area contributed by atoms with Gasteiger partial charge in [0.1, 0.15) is 5.75 Å². The Bertz CT molecular complexity index is 736. The van der Waals surface area contributed by atoms with Crippen molar-refractivity contribution in [1.82, 2.24) is 0 Å². The van der Waals surface area contributed by atoms with E-state index < -0.39 is 29.5 Å². The molecule has 2 fully saturated rings. The van der Waals surface area contributed by atoms with Crippen LogP contribution in [0.25, 0.3) is 0 Å². The number of ether oxygens (including phenoxy) is 2. The first kappa shape index (κ1) is 24.9. The number of carbonyl (C=O) groups is 1. The van der Waals surface area contributed by atoms with Gasteiger partial charge in [-0.05, 0) is 74.8 Å². The van der Waals surface area contributed by atoms with Crippen LogP contribution in [0.3, 0.4) is 0 Å². The van der Waals surface area contributed by atoms with E-state index in [9.17, 15) is 18.0 Å². The largest absolute Gasteiger partial charge is 0.493 e. The topological polar surface area (TPSA) is 35.5 Å². The number of esters is 1. The Kier molecular flexibility index (Phi) is 9.30. The van der Waals surface area contributed by atoms with Crippen molar-refractivity contribution >= 4 is 5.97 Å². The monoisotopic (exact) mass is 454 g/mol. The number of rotatable bonds is 9. The molecule has 0 spiro atoms. The minimum atomic E-state index is -3.05. The van der Waals surface area contributed by atoms with Crippen LogP contribution in [-0.2, 0) is 4.79 Å². The molecule has 0 N–H and O–H groups in total. The molecule has 2 aliphatic rings. The molecule has 2 saturated carbocycles. The van der Waals surface area contributed by atoms with E-state index in [1.54, 1.807) is 6.92 Å². The second kappa shape index (κ2) is 11.9. The predicted molar refractivity (Wildman–Crippen MR) is 119 cm³/mol. The molecule has 0 aromatic heterocycles.